The van der Waals surface area contributed by atoms with Crippen LogP contribution in [-0.2, 0) is 19.5 Å². The number of hydrogen-bond acceptors (Lipinski definition) is 11. The molecule has 0 spiro atoms. The maximum atomic E-state index is 13.4. The second-order valence-electron chi connectivity index (χ2n) is 8.19. The third-order valence-electron chi connectivity index (χ3n) is 5.69. The van der Waals surface area contributed by atoms with Gasteiger partial charge in [0, 0.05) is 32.8 Å². The fourth-order valence-electron chi connectivity index (χ4n) is 3.88. The summed E-state index contributed by atoms with van der Waals surface area (Å²) >= 11 is 0. The molecule has 14 heteroatoms. The highest BCUT2D eigenvalue weighted by Gasteiger charge is 2.36. The first-order valence-corrected chi connectivity index (χ1v) is 12.9. The number of anilines is 1. The van der Waals surface area contributed by atoms with Crippen LogP contribution in [0.25, 0.3) is 11.4 Å². The molecule has 0 amide bonds. The molecule has 194 valence electrons. The molecule has 1 aliphatic heterocycles. The Morgan fingerprint density at radius 2 is 1.97 bits per heavy atom. The minimum Gasteiger partial charge on any atom is -0.485 e. The van der Waals surface area contributed by atoms with Crippen molar-refractivity contribution in [2.45, 2.75) is 38.2 Å². The number of rotatable bonds is 10. The van der Waals surface area contributed by atoms with Gasteiger partial charge in [0.05, 0.1) is 24.8 Å². The Kier molecular flexibility index (Phi) is 7.66. The van der Waals surface area contributed by atoms with Crippen LogP contribution in [0.3, 0.4) is 0 Å². The molecule has 4 heterocycles. The summed E-state index contributed by atoms with van der Waals surface area (Å²) in [4.78, 5) is 12.7. The van der Waals surface area contributed by atoms with Crippen molar-refractivity contribution in [3.63, 3.8) is 0 Å². The number of aromatic nitrogens is 6. The van der Waals surface area contributed by atoms with Crippen molar-refractivity contribution in [2.75, 3.05) is 38.8 Å². The molecule has 0 radical (unpaired) electrons. The summed E-state index contributed by atoms with van der Waals surface area (Å²) in [5.74, 6) is 1.40. The van der Waals surface area contributed by atoms with Gasteiger partial charge in [-0.1, -0.05) is 0 Å². The molecule has 0 saturated carbocycles. The zero-order valence-electron chi connectivity index (χ0n) is 20.7. The third-order valence-corrected chi connectivity index (χ3v) is 7.39. The van der Waals surface area contributed by atoms with E-state index in [9.17, 15) is 8.42 Å². The lowest BCUT2D eigenvalue weighted by Crippen LogP contribution is -2.34. The highest BCUT2D eigenvalue weighted by Crippen LogP contribution is 2.41. The minimum atomic E-state index is -4.03. The topological polar surface area (TPSA) is 152 Å². The average molecular weight is 520 g/mol. The summed E-state index contributed by atoms with van der Waals surface area (Å²) < 4.78 is 53.6. The zero-order chi connectivity index (χ0) is 25.9. The van der Waals surface area contributed by atoms with Gasteiger partial charge in [-0.15, -0.1) is 10.2 Å². The predicted molar refractivity (Wildman–Crippen MR) is 129 cm³/mol. The molecule has 0 aliphatic carbocycles. The van der Waals surface area contributed by atoms with Crippen LogP contribution in [0.2, 0.25) is 0 Å². The first-order chi connectivity index (χ1) is 17.3. The van der Waals surface area contributed by atoms with Crippen LogP contribution in [0.5, 0.6) is 11.6 Å². The molecule has 0 bridgehead atoms. The van der Waals surface area contributed by atoms with Crippen LogP contribution >= 0.6 is 0 Å². The fourth-order valence-corrected chi connectivity index (χ4v) is 5.02. The number of hydrogen-bond donors (Lipinski definition) is 1. The second kappa shape index (κ2) is 10.7. The molecule has 0 unspecified atom stereocenters. The van der Waals surface area contributed by atoms with Gasteiger partial charge in [-0.25, -0.2) is 23.4 Å². The number of nitrogens with one attached hydrogen (secondary N) is 1. The molecule has 36 heavy (non-hydrogen) atoms. The minimum absolute atomic E-state index is 0.0183. The number of fused-ring (bicyclic) bond motifs is 3. The van der Waals surface area contributed by atoms with Crippen LogP contribution in [0.15, 0.2) is 24.7 Å². The zero-order valence-corrected chi connectivity index (χ0v) is 21.5. The summed E-state index contributed by atoms with van der Waals surface area (Å²) in [6, 6.07) is 1.28. The number of nitrogens with zero attached hydrogens (tertiary/aromatic N) is 6. The summed E-state index contributed by atoms with van der Waals surface area (Å²) in [5, 5.41) is 7.39. The van der Waals surface area contributed by atoms with E-state index in [1.165, 1.54) is 14.0 Å². The fraction of sp³-hybridized carbons (Fsp3) is 0.500. The van der Waals surface area contributed by atoms with Gasteiger partial charge < -0.3 is 18.9 Å². The maximum absolute atomic E-state index is 13.4. The van der Waals surface area contributed by atoms with Gasteiger partial charge in [0.15, 0.2) is 17.4 Å². The Morgan fingerprint density at radius 3 is 2.64 bits per heavy atom. The van der Waals surface area contributed by atoms with Gasteiger partial charge in [0.25, 0.3) is 5.88 Å². The molecule has 3 aromatic heterocycles. The molecular weight excluding hydrogens is 490 g/mol. The summed E-state index contributed by atoms with van der Waals surface area (Å²) in [5.41, 5.74) is 1.42. The van der Waals surface area contributed by atoms with Crippen LogP contribution in [-0.4, -0.2) is 77.4 Å². The van der Waals surface area contributed by atoms with Gasteiger partial charge in [-0.2, -0.15) is 0 Å². The molecule has 3 atom stereocenters. The van der Waals surface area contributed by atoms with E-state index in [0.29, 0.717) is 29.6 Å². The molecule has 3 aromatic rings. The van der Waals surface area contributed by atoms with Gasteiger partial charge in [0.2, 0.25) is 16.0 Å². The number of sulfonamides is 1. The van der Waals surface area contributed by atoms with E-state index in [0.717, 1.165) is 5.56 Å². The Hall–Kier alpha value is -3.36. The van der Waals surface area contributed by atoms with Crippen molar-refractivity contribution in [1.29, 1.82) is 0 Å². The molecule has 1 N–H and O–H groups in total. The normalized spacial score (nSPS) is 16.8. The first kappa shape index (κ1) is 25.7. The average Bonchev–Trinajstić information content (AvgIpc) is 3.18. The number of pyridine rings is 1. The predicted octanol–water partition coefficient (Wildman–Crippen LogP) is 1.94. The lowest BCUT2D eigenvalue weighted by atomic mass is 10.2. The first-order valence-electron chi connectivity index (χ1n) is 11.3. The van der Waals surface area contributed by atoms with Crippen LogP contribution in [0.1, 0.15) is 37.4 Å². The molecule has 13 nitrogen and oxygen atoms in total. The highest BCUT2D eigenvalue weighted by atomic mass is 32.2. The molecule has 0 saturated heterocycles. The standard InChI is InChI=1S/C22H29N7O6S/c1-6-34-21-18-16(7-8-23-21)20-26-27-22(29(20)15(11-32-4)12-35-18)28-36(30,31)14(3)17(33-5)19-24-9-13(2)10-25-19/h7-10,14-15,17H,6,11-12H2,1-5H3,(H,27,28)/t14-,15-,17-/m0/s1. The molecular formula is C22H29N7O6S. The summed E-state index contributed by atoms with van der Waals surface area (Å²) in [6.45, 7) is 5.98. The number of aryl methyl sites for hydroxylation is 1. The molecule has 0 aromatic carbocycles. The van der Waals surface area contributed by atoms with Gasteiger partial charge in [-0.3, -0.25) is 9.29 Å². The van der Waals surface area contributed by atoms with E-state index in [1.807, 2.05) is 13.8 Å². The quantitative estimate of drug-likeness (QED) is 0.418. The second-order valence-corrected chi connectivity index (χ2v) is 10.2. The third kappa shape index (κ3) is 4.96. The van der Waals surface area contributed by atoms with Crippen molar-refractivity contribution >= 4 is 16.0 Å². The Balaban J connectivity index is 1.72. The van der Waals surface area contributed by atoms with Gasteiger partial charge >= 0.3 is 0 Å². The lowest BCUT2D eigenvalue weighted by molar-refractivity contribution is 0.0949. The Labute approximate surface area is 209 Å². The summed E-state index contributed by atoms with van der Waals surface area (Å²) in [6.07, 6.45) is 3.88. The van der Waals surface area contributed by atoms with E-state index < -0.39 is 27.4 Å². The van der Waals surface area contributed by atoms with Crippen LogP contribution in [0, 0.1) is 6.92 Å². The molecule has 0 fully saturated rings. The van der Waals surface area contributed by atoms with E-state index in [1.54, 1.807) is 36.3 Å². The SMILES string of the molecule is CCOc1nccc2c1OC[C@H](COC)n1c(NS(=O)(=O)[C@@H](C)[C@H](OC)c3ncc(C)cn3)nnc1-2. The number of ether oxygens (including phenoxy) is 4. The van der Waals surface area contributed by atoms with Crippen LogP contribution in [0.4, 0.5) is 5.95 Å². The van der Waals surface area contributed by atoms with E-state index in [-0.39, 0.29) is 25.0 Å². The van der Waals surface area contributed by atoms with Gasteiger partial charge in [0.1, 0.15) is 18.0 Å². The molecule has 4 rings (SSSR count). The van der Waals surface area contributed by atoms with E-state index >= 15 is 0 Å². The van der Waals surface area contributed by atoms with Crippen molar-refractivity contribution < 1.29 is 27.4 Å². The lowest BCUT2D eigenvalue weighted by Gasteiger charge is -2.23. The van der Waals surface area contributed by atoms with Gasteiger partial charge in [-0.05, 0) is 32.4 Å². The van der Waals surface area contributed by atoms with E-state index in [4.69, 9.17) is 18.9 Å². The Bertz CT molecular complexity index is 1300. The monoisotopic (exact) mass is 519 g/mol. The molecule has 1 aliphatic rings. The van der Waals surface area contributed by atoms with Crippen molar-refractivity contribution in [1.82, 2.24) is 29.7 Å². The van der Waals surface area contributed by atoms with Crippen LogP contribution < -0.4 is 14.2 Å². The summed E-state index contributed by atoms with van der Waals surface area (Å²) in [7, 11) is -1.07. The number of methoxy groups -OCH3 is 2. The smallest absolute Gasteiger partial charge is 0.257 e. The van der Waals surface area contributed by atoms with E-state index in [2.05, 4.69) is 29.9 Å². The van der Waals surface area contributed by atoms with Crippen molar-refractivity contribution in [3.05, 3.63) is 36.0 Å². The Morgan fingerprint density at radius 1 is 1.22 bits per heavy atom. The maximum Gasteiger partial charge on any atom is 0.257 e. The van der Waals surface area contributed by atoms with Crippen molar-refractivity contribution in [2.24, 2.45) is 0 Å². The largest absolute Gasteiger partial charge is 0.485 e. The van der Waals surface area contributed by atoms with Crippen molar-refractivity contribution in [3.8, 4) is 23.0 Å². The highest BCUT2D eigenvalue weighted by molar-refractivity contribution is 7.93.